The Kier molecular flexibility index (Phi) is 4.34. The van der Waals surface area contributed by atoms with Gasteiger partial charge in [-0.05, 0) is 58.2 Å². The maximum absolute atomic E-state index is 12.1. The van der Waals surface area contributed by atoms with Crippen molar-refractivity contribution in [1.29, 1.82) is 0 Å². The van der Waals surface area contributed by atoms with E-state index in [9.17, 15) is 8.42 Å². The van der Waals surface area contributed by atoms with Crippen molar-refractivity contribution in [2.24, 2.45) is 0 Å². The molecule has 0 aliphatic heterocycles. The van der Waals surface area contributed by atoms with Crippen molar-refractivity contribution in [2.45, 2.75) is 18.4 Å². The van der Waals surface area contributed by atoms with Crippen LogP contribution in [0.2, 0.25) is 0 Å². The quantitative estimate of drug-likeness (QED) is 0.870. The Hall–Kier alpha value is -1.24. The predicted octanol–water partition coefficient (Wildman–Crippen LogP) is 2.63. The lowest BCUT2D eigenvalue weighted by atomic mass is 10.2. The molecule has 2 rings (SSSR count). The molecule has 1 heterocycles. The van der Waals surface area contributed by atoms with Gasteiger partial charge >= 0.3 is 0 Å². The number of halogens is 1. The van der Waals surface area contributed by atoms with Crippen molar-refractivity contribution in [2.75, 3.05) is 0 Å². The molecule has 0 saturated carbocycles. The van der Waals surface area contributed by atoms with Gasteiger partial charge in [-0.3, -0.25) is 0 Å². The van der Waals surface area contributed by atoms with Crippen LogP contribution in [0.4, 0.5) is 0 Å². The number of rotatable bonds is 4. The van der Waals surface area contributed by atoms with Gasteiger partial charge in [0.05, 0.1) is 4.90 Å². The number of hydrogen-bond acceptors (Lipinski definition) is 3. The zero-order valence-corrected chi connectivity index (χ0v) is 12.7. The second kappa shape index (κ2) is 5.81. The van der Waals surface area contributed by atoms with Crippen LogP contribution in [0.1, 0.15) is 11.1 Å². The number of hydrogen-bond donors (Lipinski definition) is 1. The first-order valence-corrected chi connectivity index (χ1v) is 7.92. The number of nitrogens with zero attached hydrogens (tertiary/aromatic N) is 1. The summed E-state index contributed by atoms with van der Waals surface area (Å²) >= 11 is 3.25. The number of aryl methyl sites for hydroxylation is 1. The molecule has 0 saturated heterocycles. The van der Waals surface area contributed by atoms with Gasteiger partial charge in [-0.15, -0.1) is 0 Å². The van der Waals surface area contributed by atoms with E-state index >= 15 is 0 Å². The van der Waals surface area contributed by atoms with Gasteiger partial charge in [0.25, 0.3) is 0 Å². The summed E-state index contributed by atoms with van der Waals surface area (Å²) in [7, 11) is -3.48. The van der Waals surface area contributed by atoms with Crippen LogP contribution in [-0.2, 0) is 16.6 Å². The Bertz CT molecular complexity index is 687. The molecule has 0 fully saturated rings. The van der Waals surface area contributed by atoms with Gasteiger partial charge in [-0.25, -0.2) is 18.1 Å². The van der Waals surface area contributed by atoms with Crippen LogP contribution < -0.4 is 4.72 Å². The molecule has 1 aromatic heterocycles. The Labute approximate surface area is 121 Å². The molecule has 0 atom stereocenters. The zero-order valence-electron chi connectivity index (χ0n) is 10.3. The van der Waals surface area contributed by atoms with E-state index in [0.717, 1.165) is 11.1 Å². The van der Waals surface area contributed by atoms with E-state index in [1.165, 1.54) is 0 Å². The van der Waals surface area contributed by atoms with E-state index in [4.69, 9.17) is 0 Å². The summed E-state index contributed by atoms with van der Waals surface area (Å²) in [6.07, 6.45) is 1.63. The van der Waals surface area contributed by atoms with Crippen molar-refractivity contribution in [3.8, 4) is 0 Å². The Balaban J connectivity index is 2.14. The zero-order chi connectivity index (χ0) is 13.9. The van der Waals surface area contributed by atoms with Crippen LogP contribution in [-0.4, -0.2) is 13.4 Å². The maximum Gasteiger partial charge on any atom is 0.240 e. The Morgan fingerprint density at radius 2 is 2.05 bits per heavy atom. The molecular formula is C13H13BrN2O2S. The lowest BCUT2D eigenvalue weighted by Crippen LogP contribution is -2.23. The van der Waals surface area contributed by atoms with Crippen molar-refractivity contribution in [3.63, 3.8) is 0 Å². The average Bonchev–Trinajstić information content (AvgIpc) is 2.37. The van der Waals surface area contributed by atoms with Crippen LogP contribution in [0, 0.1) is 6.92 Å². The highest BCUT2D eigenvalue weighted by molar-refractivity contribution is 9.10. The highest BCUT2D eigenvalue weighted by atomic mass is 79.9. The highest BCUT2D eigenvalue weighted by Gasteiger charge is 2.13. The lowest BCUT2D eigenvalue weighted by molar-refractivity contribution is 0.581. The normalized spacial score (nSPS) is 11.5. The molecule has 0 aliphatic rings. The SMILES string of the molecule is Cc1cccc(S(=O)(=O)NCc2ccnc(Br)c2)c1. The van der Waals surface area contributed by atoms with Crippen LogP contribution in [0.3, 0.4) is 0 Å². The third-order valence-corrected chi connectivity index (χ3v) is 4.39. The Morgan fingerprint density at radius 3 is 2.74 bits per heavy atom. The molecule has 0 spiro atoms. The molecule has 0 unspecified atom stereocenters. The number of sulfonamides is 1. The van der Waals surface area contributed by atoms with Gasteiger partial charge in [0, 0.05) is 12.7 Å². The standard InChI is InChI=1S/C13H13BrN2O2S/c1-10-3-2-4-12(7-10)19(17,18)16-9-11-5-6-15-13(14)8-11/h2-8,16H,9H2,1H3. The average molecular weight is 341 g/mol. The summed E-state index contributed by atoms with van der Waals surface area (Å²) in [5, 5.41) is 0. The number of aromatic nitrogens is 1. The minimum atomic E-state index is -3.48. The number of pyridine rings is 1. The van der Waals surface area contributed by atoms with E-state index in [1.807, 2.05) is 13.0 Å². The molecule has 0 radical (unpaired) electrons. The Morgan fingerprint density at radius 1 is 1.26 bits per heavy atom. The second-order valence-electron chi connectivity index (χ2n) is 4.13. The van der Waals surface area contributed by atoms with Crippen molar-refractivity contribution in [3.05, 3.63) is 58.3 Å². The summed E-state index contributed by atoms with van der Waals surface area (Å²) in [4.78, 5) is 4.27. The van der Waals surface area contributed by atoms with Gasteiger partial charge in [0.2, 0.25) is 10.0 Å². The fourth-order valence-electron chi connectivity index (χ4n) is 1.60. The van der Waals surface area contributed by atoms with E-state index in [-0.39, 0.29) is 11.4 Å². The highest BCUT2D eigenvalue weighted by Crippen LogP contribution is 2.12. The summed E-state index contributed by atoms with van der Waals surface area (Å²) in [5.41, 5.74) is 1.76. The molecule has 1 N–H and O–H groups in total. The number of benzene rings is 1. The predicted molar refractivity (Wildman–Crippen MR) is 77.1 cm³/mol. The van der Waals surface area contributed by atoms with E-state index < -0.39 is 10.0 Å². The van der Waals surface area contributed by atoms with Gasteiger partial charge in [-0.1, -0.05) is 12.1 Å². The largest absolute Gasteiger partial charge is 0.249 e. The fraction of sp³-hybridized carbons (Fsp3) is 0.154. The minimum Gasteiger partial charge on any atom is -0.249 e. The summed E-state index contributed by atoms with van der Waals surface area (Å²) in [5.74, 6) is 0. The van der Waals surface area contributed by atoms with E-state index in [1.54, 1.807) is 36.5 Å². The van der Waals surface area contributed by atoms with E-state index in [0.29, 0.717) is 4.60 Å². The molecule has 19 heavy (non-hydrogen) atoms. The van der Waals surface area contributed by atoms with Gasteiger partial charge in [0.15, 0.2) is 0 Å². The molecule has 2 aromatic rings. The second-order valence-corrected chi connectivity index (χ2v) is 6.71. The van der Waals surface area contributed by atoms with Crippen molar-refractivity contribution < 1.29 is 8.42 Å². The monoisotopic (exact) mass is 340 g/mol. The summed E-state index contributed by atoms with van der Waals surface area (Å²) < 4.78 is 27.5. The van der Waals surface area contributed by atoms with Crippen LogP contribution in [0.15, 0.2) is 52.1 Å². The molecule has 0 aliphatic carbocycles. The van der Waals surface area contributed by atoms with Crippen molar-refractivity contribution >= 4 is 26.0 Å². The van der Waals surface area contributed by atoms with E-state index in [2.05, 4.69) is 25.6 Å². The molecule has 100 valence electrons. The fourth-order valence-corrected chi connectivity index (χ4v) is 3.13. The smallest absolute Gasteiger partial charge is 0.240 e. The first kappa shape index (κ1) is 14.2. The minimum absolute atomic E-state index is 0.234. The molecule has 1 aromatic carbocycles. The van der Waals surface area contributed by atoms with Gasteiger partial charge in [-0.2, -0.15) is 0 Å². The van der Waals surface area contributed by atoms with Crippen LogP contribution in [0.25, 0.3) is 0 Å². The molecular weight excluding hydrogens is 328 g/mol. The maximum atomic E-state index is 12.1. The topological polar surface area (TPSA) is 59.1 Å². The van der Waals surface area contributed by atoms with Crippen LogP contribution in [0.5, 0.6) is 0 Å². The lowest BCUT2D eigenvalue weighted by Gasteiger charge is -2.07. The summed E-state index contributed by atoms with van der Waals surface area (Å²) in [6.45, 7) is 2.09. The van der Waals surface area contributed by atoms with Crippen LogP contribution >= 0.6 is 15.9 Å². The van der Waals surface area contributed by atoms with Crippen molar-refractivity contribution in [1.82, 2.24) is 9.71 Å². The third-order valence-electron chi connectivity index (χ3n) is 2.56. The third kappa shape index (κ3) is 3.86. The summed E-state index contributed by atoms with van der Waals surface area (Å²) in [6, 6.07) is 10.4. The molecule has 6 heteroatoms. The van der Waals surface area contributed by atoms with Gasteiger partial charge < -0.3 is 0 Å². The first-order chi connectivity index (χ1) is 8.97. The van der Waals surface area contributed by atoms with Gasteiger partial charge in [0.1, 0.15) is 4.60 Å². The first-order valence-electron chi connectivity index (χ1n) is 5.64. The molecule has 0 amide bonds. The molecule has 4 nitrogen and oxygen atoms in total. The number of nitrogens with one attached hydrogen (secondary N) is 1. The molecule has 0 bridgehead atoms.